The van der Waals surface area contributed by atoms with Crippen LogP contribution in [0.15, 0.2) is 32.1 Å². The van der Waals surface area contributed by atoms with E-state index >= 15 is 0 Å². The van der Waals surface area contributed by atoms with E-state index in [1.54, 1.807) is 24.6 Å². The van der Waals surface area contributed by atoms with Crippen molar-refractivity contribution in [1.82, 2.24) is 10.3 Å². The summed E-state index contributed by atoms with van der Waals surface area (Å²) in [6.07, 6.45) is 3.55. The van der Waals surface area contributed by atoms with E-state index in [1.165, 1.54) is 5.56 Å². The smallest absolute Gasteiger partial charge is 0.137 e. The standard InChI is InChI=1S/C12H12Br2N2OS/c1-15-11(9-4-10(13)18-12(9)14)7-3-8(17-2)6-16-5-7/h3-6,11,15H,1-2H3. The minimum Gasteiger partial charge on any atom is -0.495 e. The molecule has 3 nitrogen and oxygen atoms in total. The summed E-state index contributed by atoms with van der Waals surface area (Å²) in [5, 5.41) is 3.30. The van der Waals surface area contributed by atoms with Gasteiger partial charge in [-0.2, -0.15) is 0 Å². The fraction of sp³-hybridized carbons (Fsp3) is 0.250. The molecule has 1 unspecified atom stereocenters. The van der Waals surface area contributed by atoms with E-state index < -0.39 is 0 Å². The lowest BCUT2D eigenvalue weighted by Gasteiger charge is -2.16. The summed E-state index contributed by atoms with van der Waals surface area (Å²) in [5.41, 5.74) is 2.26. The van der Waals surface area contributed by atoms with Crippen LogP contribution in [0, 0.1) is 0 Å². The van der Waals surface area contributed by atoms with Crippen molar-refractivity contribution in [2.75, 3.05) is 14.2 Å². The Morgan fingerprint density at radius 1 is 1.33 bits per heavy atom. The first-order valence-electron chi connectivity index (χ1n) is 5.26. The van der Waals surface area contributed by atoms with Gasteiger partial charge in [0.25, 0.3) is 0 Å². The predicted octanol–water partition coefficient (Wildman–Crippen LogP) is 3.99. The van der Waals surface area contributed by atoms with Crippen LogP contribution in [0.2, 0.25) is 0 Å². The first-order valence-corrected chi connectivity index (χ1v) is 7.67. The van der Waals surface area contributed by atoms with Crippen molar-refractivity contribution in [2.24, 2.45) is 0 Å². The highest BCUT2D eigenvalue weighted by Gasteiger charge is 2.18. The highest BCUT2D eigenvalue weighted by Crippen LogP contribution is 2.37. The van der Waals surface area contributed by atoms with Gasteiger partial charge in [-0.3, -0.25) is 4.98 Å². The molecule has 0 aliphatic carbocycles. The zero-order valence-corrected chi connectivity index (χ0v) is 13.9. The lowest BCUT2D eigenvalue weighted by molar-refractivity contribution is 0.411. The lowest BCUT2D eigenvalue weighted by atomic mass is 10.0. The molecule has 18 heavy (non-hydrogen) atoms. The number of aromatic nitrogens is 1. The summed E-state index contributed by atoms with van der Waals surface area (Å²) in [6, 6.07) is 4.19. The third-order valence-electron chi connectivity index (χ3n) is 2.59. The first kappa shape index (κ1) is 14.0. The van der Waals surface area contributed by atoms with Crippen molar-refractivity contribution in [3.05, 3.63) is 43.2 Å². The van der Waals surface area contributed by atoms with Crippen molar-refractivity contribution in [1.29, 1.82) is 0 Å². The molecule has 2 heterocycles. The third-order valence-corrected chi connectivity index (χ3v) is 4.97. The van der Waals surface area contributed by atoms with Crippen LogP contribution in [0.1, 0.15) is 17.2 Å². The van der Waals surface area contributed by atoms with E-state index in [0.29, 0.717) is 0 Å². The van der Waals surface area contributed by atoms with Gasteiger partial charge in [0.15, 0.2) is 0 Å². The van der Waals surface area contributed by atoms with E-state index in [2.05, 4.69) is 48.2 Å². The normalized spacial score (nSPS) is 12.4. The molecule has 1 atom stereocenters. The van der Waals surface area contributed by atoms with Crippen LogP contribution in [0.25, 0.3) is 0 Å². The number of halogens is 2. The number of pyridine rings is 1. The van der Waals surface area contributed by atoms with Crippen molar-refractivity contribution in [3.63, 3.8) is 0 Å². The number of hydrogen-bond acceptors (Lipinski definition) is 4. The topological polar surface area (TPSA) is 34.2 Å². The molecule has 0 bridgehead atoms. The Morgan fingerprint density at radius 2 is 2.11 bits per heavy atom. The highest BCUT2D eigenvalue weighted by atomic mass is 79.9. The van der Waals surface area contributed by atoms with E-state index in [9.17, 15) is 0 Å². The molecule has 0 spiro atoms. The molecule has 0 amide bonds. The number of nitrogens with zero attached hydrogens (tertiary/aromatic N) is 1. The van der Waals surface area contributed by atoms with Crippen molar-refractivity contribution in [2.45, 2.75) is 6.04 Å². The molecule has 96 valence electrons. The highest BCUT2D eigenvalue weighted by molar-refractivity contribution is 9.12. The Morgan fingerprint density at radius 3 is 2.67 bits per heavy atom. The second kappa shape index (κ2) is 6.14. The Bertz CT molecular complexity index is 545. The van der Waals surface area contributed by atoms with Crippen LogP contribution in [0.5, 0.6) is 5.75 Å². The zero-order chi connectivity index (χ0) is 13.1. The summed E-state index contributed by atoms with van der Waals surface area (Å²) >= 11 is 8.75. The van der Waals surface area contributed by atoms with Gasteiger partial charge in [-0.25, -0.2) is 0 Å². The van der Waals surface area contributed by atoms with Crippen molar-refractivity contribution < 1.29 is 4.74 Å². The fourth-order valence-electron chi connectivity index (χ4n) is 1.76. The van der Waals surface area contributed by atoms with Gasteiger partial charge in [-0.05, 0) is 62.2 Å². The van der Waals surface area contributed by atoms with Gasteiger partial charge in [0, 0.05) is 6.20 Å². The summed E-state index contributed by atoms with van der Waals surface area (Å²) in [7, 11) is 3.58. The van der Waals surface area contributed by atoms with Crippen LogP contribution in [-0.2, 0) is 0 Å². The number of nitrogens with one attached hydrogen (secondary N) is 1. The molecule has 0 aliphatic rings. The maximum atomic E-state index is 5.21. The van der Waals surface area contributed by atoms with Gasteiger partial charge in [0.05, 0.1) is 26.9 Å². The average Bonchev–Trinajstić information content (AvgIpc) is 2.70. The van der Waals surface area contributed by atoms with Crippen LogP contribution in [-0.4, -0.2) is 19.1 Å². The largest absolute Gasteiger partial charge is 0.495 e. The van der Waals surface area contributed by atoms with Gasteiger partial charge < -0.3 is 10.1 Å². The molecular weight excluding hydrogens is 380 g/mol. The summed E-state index contributed by atoms with van der Waals surface area (Å²) in [6.45, 7) is 0. The second-order valence-corrected chi connectivity index (χ2v) is 7.41. The fourth-order valence-corrected chi connectivity index (χ4v) is 4.66. The van der Waals surface area contributed by atoms with Crippen molar-refractivity contribution >= 4 is 43.2 Å². The van der Waals surface area contributed by atoms with Crippen LogP contribution < -0.4 is 10.1 Å². The summed E-state index contributed by atoms with van der Waals surface area (Å²) in [4.78, 5) is 4.20. The van der Waals surface area contributed by atoms with E-state index in [-0.39, 0.29) is 6.04 Å². The molecule has 0 saturated heterocycles. The van der Waals surface area contributed by atoms with E-state index in [1.807, 2.05) is 19.3 Å². The molecule has 6 heteroatoms. The number of hydrogen-bond donors (Lipinski definition) is 1. The molecule has 2 rings (SSSR count). The molecule has 2 aromatic heterocycles. The third kappa shape index (κ3) is 2.93. The quantitative estimate of drug-likeness (QED) is 0.855. The average molecular weight is 392 g/mol. The minimum absolute atomic E-state index is 0.0875. The van der Waals surface area contributed by atoms with E-state index in [0.717, 1.165) is 18.9 Å². The Kier molecular flexibility index (Phi) is 4.77. The monoisotopic (exact) mass is 390 g/mol. The summed E-state index contributed by atoms with van der Waals surface area (Å²) in [5.74, 6) is 0.762. The van der Waals surface area contributed by atoms with Gasteiger partial charge in [-0.15, -0.1) is 11.3 Å². The Labute approximate surface area is 127 Å². The Hall–Kier alpha value is -0.430. The van der Waals surface area contributed by atoms with Gasteiger partial charge >= 0.3 is 0 Å². The minimum atomic E-state index is 0.0875. The molecule has 2 aromatic rings. The van der Waals surface area contributed by atoms with Crippen molar-refractivity contribution in [3.8, 4) is 5.75 Å². The molecule has 0 aromatic carbocycles. The number of thiophene rings is 1. The predicted molar refractivity (Wildman–Crippen MR) is 81.4 cm³/mol. The van der Waals surface area contributed by atoms with Gasteiger partial charge in [-0.1, -0.05) is 0 Å². The number of ether oxygens (including phenoxy) is 1. The van der Waals surface area contributed by atoms with Crippen LogP contribution in [0.3, 0.4) is 0 Å². The molecule has 0 radical (unpaired) electrons. The molecule has 0 fully saturated rings. The number of rotatable bonds is 4. The summed E-state index contributed by atoms with van der Waals surface area (Å²) < 4.78 is 7.42. The molecular formula is C12H12Br2N2OS. The number of methoxy groups -OCH3 is 1. The molecule has 0 saturated carbocycles. The first-order chi connectivity index (χ1) is 8.65. The molecule has 1 N–H and O–H groups in total. The van der Waals surface area contributed by atoms with Gasteiger partial charge in [0.1, 0.15) is 5.75 Å². The van der Waals surface area contributed by atoms with Gasteiger partial charge in [0.2, 0.25) is 0 Å². The maximum Gasteiger partial charge on any atom is 0.137 e. The lowest BCUT2D eigenvalue weighted by Crippen LogP contribution is -2.17. The molecule has 0 aliphatic heterocycles. The van der Waals surface area contributed by atoms with Crippen LogP contribution in [0.4, 0.5) is 0 Å². The maximum absolute atomic E-state index is 5.21. The van der Waals surface area contributed by atoms with Crippen LogP contribution >= 0.6 is 43.2 Å². The zero-order valence-electron chi connectivity index (χ0n) is 9.91. The van der Waals surface area contributed by atoms with E-state index in [4.69, 9.17) is 4.74 Å². The Balaban J connectivity index is 2.41. The second-order valence-electron chi connectivity index (χ2n) is 3.66. The SMILES string of the molecule is CNC(c1cncc(OC)c1)c1cc(Br)sc1Br.